The highest BCUT2D eigenvalue weighted by atomic mass is 19.1. The standard InChI is InChI=1S/C9H14FN3O/c1-6-7(8(11)14)4-13(12-6)5-9(2,3)10/h4H,5H2,1-3H3,(H2,11,14). The number of primary amides is 1. The van der Waals surface area contributed by atoms with E-state index in [4.69, 9.17) is 5.73 Å². The Balaban J connectivity index is 2.92. The van der Waals surface area contributed by atoms with Crippen molar-refractivity contribution in [3.63, 3.8) is 0 Å². The Morgan fingerprint density at radius 1 is 1.71 bits per heavy atom. The summed E-state index contributed by atoms with van der Waals surface area (Å²) in [5.41, 5.74) is 4.62. The molecule has 1 amide bonds. The van der Waals surface area contributed by atoms with Gasteiger partial charge in [-0.1, -0.05) is 0 Å². The lowest BCUT2D eigenvalue weighted by Crippen LogP contribution is -2.21. The van der Waals surface area contributed by atoms with Gasteiger partial charge in [-0.15, -0.1) is 0 Å². The summed E-state index contributed by atoms with van der Waals surface area (Å²) < 4.78 is 14.6. The molecule has 1 aromatic heterocycles. The second-order valence-corrected chi connectivity index (χ2v) is 3.91. The molecule has 1 heterocycles. The van der Waals surface area contributed by atoms with Crippen LogP contribution in [-0.4, -0.2) is 21.4 Å². The van der Waals surface area contributed by atoms with E-state index in [2.05, 4.69) is 5.10 Å². The van der Waals surface area contributed by atoms with Crippen molar-refractivity contribution in [3.8, 4) is 0 Å². The van der Waals surface area contributed by atoms with Gasteiger partial charge in [0, 0.05) is 6.20 Å². The van der Waals surface area contributed by atoms with Gasteiger partial charge in [0.1, 0.15) is 5.67 Å². The lowest BCUT2D eigenvalue weighted by atomic mass is 10.2. The molecule has 0 saturated carbocycles. The van der Waals surface area contributed by atoms with E-state index in [0.29, 0.717) is 11.3 Å². The molecule has 1 aromatic rings. The fourth-order valence-corrected chi connectivity index (χ4v) is 1.23. The number of aryl methyl sites for hydroxylation is 1. The summed E-state index contributed by atoms with van der Waals surface area (Å²) in [6, 6.07) is 0. The topological polar surface area (TPSA) is 60.9 Å². The summed E-state index contributed by atoms with van der Waals surface area (Å²) >= 11 is 0. The highest BCUT2D eigenvalue weighted by molar-refractivity contribution is 5.93. The quantitative estimate of drug-likeness (QED) is 0.790. The van der Waals surface area contributed by atoms with Gasteiger partial charge < -0.3 is 5.73 Å². The Labute approximate surface area is 81.9 Å². The van der Waals surface area contributed by atoms with E-state index in [0.717, 1.165) is 0 Å². The third-order valence-corrected chi connectivity index (χ3v) is 1.75. The fraction of sp³-hybridized carbons (Fsp3) is 0.556. The number of nitrogens with two attached hydrogens (primary N) is 1. The number of halogens is 1. The number of rotatable bonds is 3. The van der Waals surface area contributed by atoms with Gasteiger partial charge in [0.2, 0.25) is 0 Å². The molecule has 78 valence electrons. The van der Waals surface area contributed by atoms with Crippen LogP contribution >= 0.6 is 0 Å². The maximum atomic E-state index is 13.2. The van der Waals surface area contributed by atoms with Crippen LogP contribution in [0.25, 0.3) is 0 Å². The number of alkyl halides is 1. The molecule has 14 heavy (non-hydrogen) atoms. The summed E-state index contributed by atoms with van der Waals surface area (Å²) in [4.78, 5) is 10.9. The van der Waals surface area contributed by atoms with Crippen LogP contribution in [0.5, 0.6) is 0 Å². The Bertz CT molecular complexity index is 351. The summed E-state index contributed by atoms with van der Waals surface area (Å²) in [6.07, 6.45) is 1.47. The Hall–Kier alpha value is -1.39. The van der Waals surface area contributed by atoms with Crippen molar-refractivity contribution in [2.24, 2.45) is 5.73 Å². The van der Waals surface area contributed by atoms with Gasteiger partial charge in [-0.2, -0.15) is 5.10 Å². The van der Waals surface area contributed by atoms with Gasteiger partial charge >= 0.3 is 0 Å². The number of aromatic nitrogens is 2. The lowest BCUT2D eigenvalue weighted by Gasteiger charge is -2.13. The van der Waals surface area contributed by atoms with E-state index in [1.54, 1.807) is 6.92 Å². The molecule has 2 N–H and O–H groups in total. The largest absolute Gasteiger partial charge is 0.365 e. The first-order chi connectivity index (χ1) is 6.29. The minimum Gasteiger partial charge on any atom is -0.365 e. The molecule has 0 spiro atoms. The van der Waals surface area contributed by atoms with Crippen molar-refractivity contribution in [1.82, 2.24) is 9.78 Å². The maximum Gasteiger partial charge on any atom is 0.252 e. The number of carbonyl (C=O) groups is 1. The first kappa shape index (κ1) is 10.7. The molecule has 0 atom stereocenters. The molecule has 0 unspecified atom stereocenters. The van der Waals surface area contributed by atoms with Crippen molar-refractivity contribution in [2.45, 2.75) is 33.0 Å². The molecule has 0 aromatic carbocycles. The minimum absolute atomic E-state index is 0.112. The molecule has 0 aliphatic rings. The Morgan fingerprint density at radius 2 is 2.29 bits per heavy atom. The summed E-state index contributed by atoms with van der Waals surface area (Å²) in [5, 5.41) is 3.99. The predicted molar refractivity (Wildman–Crippen MR) is 50.7 cm³/mol. The van der Waals surface area contributed by atoms with Crippen LogP contribution in [0, 0.1) is 6.92 Å². The molecular weight excluding hydrogens is 185 g/mol. The van der Waals surface area contributed by atoms with E-state index >= 15 is 0 Å². The van der Waals surface area contributed by atoms with Crippen molar-refractivity contribution in [1.29, 1.82) is 0 Å². The molecule has 0 saturated heterocycles. The zero-order valence-electron chi connectivity index (χ0n) is 8.54. The molecule has 0 fully saturated rings. The second-order valence-electron chi connectivity index (χ2n) is 3.91. The molecule has 0 radical (unpaired) electrons. The monoisotopic (exact) mass is 199 g/mol. The first-order valence-electron chi connectivity index (χ1n) is 4.32. The molecule has 0 aliphatic heterocycles. The van der Waals surface area contributed by atoms with Crippen molar-refractivity contribution >= 4 is 5.91 Å². The number of amides is 1. The van der Waals surface area contributed by atoms with E-state index in [-0.39, 0.29) is 6.54 Å². The average Bonchev–Trinajstić information content (AvgIpc) is 2.26. The van der Waals surface area contributed by atoms with Crippen molar-refractivity contribution in [2.75, 3.05) is 0 Å². The van der Waals surface area contributed by atoms with Gasteiger partial charge in [-0.05, 0) is 20.8 Å². The smallest absolute Gasteiger partial charge is 0.252 e. The van der Waals surface area contributed by atoms with Crippen LogP contribution in [0.15, 0.2) is 6.20 Å². The average molecular weight is 199 g/mol. The summed E-state index contributed by atoms with van der Waals surface area (Å²) in [7, 11) is 0. The zero-order valence-corrected chi connectivity index (χ0v) is 8.54. The number of hydrogen-bond donors (Lipinski definition) is 1. The van der Waals surface area contributed by atoms with Crippen LogP contribution in [-0.2, 0) is 6.54 Å². The van der Waals surface area contributed by atoms with Crippen molar-refractivity contribution < 1.29 is 9.18 Å². The third-order valence-electron chi connectivity index (χ3n) is 1.75. The van der Waals surface area contributed by atoms with Crippen LogP contribution in [0.3, 0.4) is 0 Å². The van der Waals surface area contributed by atoms with E-state index in [9.17, 15) is 9.18 Å². The molecule has 0 bridgehead atoms. The van der Waals surface area contributed by atoms with Gasteiger partial charge in [-0.25, -0.2) is 4.39 Å². The molecule has 0 aliphatic carbocycles. The highest BCUT2D eigenvalue weighted by Gasteiger charge is 2.18. The maximum absolute atomic E-state index is 13.2. The summed E-state index contributed by atoms with van der Waals surface area (Å²) in [6.45, 7) is 4.69. The molecule has 4 nitrogen and oxygen atoms in total. The highest BCUT2D eigenvalue weighted by Crippen LogP contribution is 2.13. The van der Waals surface area contributed by atoms with Crippen LogP contribution in [0.1, 0.15) is 29.9 Å². The van der Waals surface area contributed by atoms with Gasteiger partial charge in [0.05, 0.1) is 17.8 Å². The first-order valence-corrected chi connectivity index (χ1v) is 4.32. The van der Waals surface area contributed by atoms with Gasteiger partial charge in [0.15, 0.2) is 0 Å². The number of carbonyl (C=O) groups excluding carboxylic acids is 1. The Kier molecular flexibility index (Phi) is 2.59. The third kappa shape index (κ3) is 2.55. The number of nitrogens with zero attached hydrogens (tertiary/aromatic N) is 2. The number of hydrogen-bond acceptors (Lipinski definition) is 2. The molecule has 5 heteroatoms. The van der Waals surface area contributed by atoms with E-state index in [1.165, 1.54) is 24.7 Å². The van der Waals surface area contributed by atoms with Gasteiger partial charge in [-0.3, -0.25) is 9.48 Å². The lowest BCUT2D eigenvalue weighted by molar-refractivity contribution is 0.0999. The fourth-order valence-electron chi connectivity index (χ4n) is 1.23. The second kappa shape index (κ2) is 3.40. The zero-order chi connectivity index (χ0) is 10.9. The molecule has 1 rings (SSSR count). The van der Waals surface area contributed by atoms with E-state index in [1.807, 2.05) is 0 Å². The normalized spacial score (nSPS) is 11.7. The predicted octanol–water partition coefficient (Wildman–Crippen LogP) is 1.04. The minimum atomic E-state index is -1.35. The van der Waals surface area contributed by atoms with Crippen molar-refractivity contribution in [3.05, 3.63) is 17.5 Å². The van der Waals surface area contributed by atoms with E-state index < -0.39 is 11.6 Å². The Morgan fingerprint density at radius 3 is 2.64 bits per heavy atom. The van der Waals surface area contributed by atoms with Crippen LogP contribution in [0.2, 0.25) is 0 Å². The van der Waals surface area contributed by atoms with Gasteiger partial charge in [0.25, 0.3) is 5.91 Å². The SMILES string of the molecule is Cc1nn(CC(C)(C)F)cc1C(N)=O. The molecular formula is C9H14FN3O. The summed E-state index contributed by atoms with van der Waals surface area (Å²) in [5.74, 6) is -0.537. The van der Waals surface area contributed by atoms with Crippen LogP contribution < -0.4 is 5.73 Å². The van der Waals surface area contributed by atoms with Crippen LogP contribution in [0.4, 0.5) is 4.39 Å².